The molecule has 4 nitrogen and oxygen atoms in total. The molecule has 1 aromatic carbocycles. The number of aryl methyl sites for hydroxylation is 1. The van der Waals surface area contributed by atoms with Crippen LogP contribution in [0, 0.1) is 6.92 Å². The van der Waals surface area contributed by atoms with E-state index in [0.717, 1.165) is 34.5 Å². The molecule has 2 aliphatic heterocycles. The van der Waals surface area contributed by atoms with Crippen LogP contribution in [0.4, 0.5) is 5.69 Å². The van der Waals surface area contributed by atoms with E-state index in [1.165, 1.54) is 0 Å². The van der Waals surface area contributed by atoms with Crippen LogP contribution in [0.3, 0.4) is 0 Å². The van der Waals surface area contributed by atoms with Crippen LogP contribution in [0.1, 0.15) is 37.5 Å². The highest BCUT2D eigenvalue weighted by Gasteiger charge is 2.46. The molecule has 3 rings (SSSR count). The number of rotatable bonds is 1. The molecular formula is C15H21ClN2O2. The van der Waals surface area contributed by atoms with Crippen molar-refractivity contribution in [3.63, 3.8) is 0 Å². The lowest BCUT2D eigenvalue weighted by Gasteiger charge is -2.24. The van der Waals surface area contributed by atoms with E-state index in [-0.39, 0.29) is 23.9 Å². The minimum absolute atomic E-state index is 0. The van der Waals surface area contributed by atoms with Gasteiger partial charge in [-0.15, -0.1) is 12.4 Å². The van der Waals surface area contributed by atoms with Crippen LogP contribution in [0.5, 0.6) is 5.75 Å². The Hall–Kier alpha value is -1.26. The van der Waals surface area contributed by atoms with Gasteiger partial charge < -0.3 is 15.8 Å². The van der Waals surface area contributed by atoms with E-state index in [0.29, 0.717) is 6.54 Å². The molecule has 110 valence electrons. The summed E-state index contributed by atoms with van der Waals surface area (Å²) in [5.41, 5.74) is 9.07. The molecule has 2 aliphatic rings. The first kappa shape index (κ1) is 15.1. The topological polar surface area (TPSA) is 64.3 Å². The van der Waals surface area contributed by atoms with Crippen LogP contribution < -0.4 is 15.8 Å². The van der Waals surface area contributed by atoms with Crippen LogP contribution in [0.15, 0.2) is 6.07 Å². The van der Waals surface area contributed by atoms with Gasteiger partial charge in [0.15, 0.2) is 0 Å². The van der Waals surface area contributed by atoms with E-state index in [2.05, 4.69) is 11.4 Å². The summed E-state index contributed by atoms with van der Waals surface area (Å²) in [6.07, 6.45) is 0.803. The van der Waals surface area contributed by atoms with Crippen molar-refractivity contribution in [3.8, 4) is 5.75 Å². The van der Waals surface area contributed by atoms with Gasteiger partial charge in [0, 0.05) is 18.5 Å². The number of benzene rings is 1. The van der Waals surface area contributed by atoms with E-state index >= 15 is 0 Å². The highest BCUT2D eigenvalue weighted by molar-refractivity contribution is 6.07. The molecule has 0 aromatic heterocycles. The second-order valence-electron chi connectivity index (χ2n) is 6.44. The maximum atomic E-state index is 12.1. The van der Waals surface area contributed by atoms with Gasteiger partial charge in [-0.25, -0.2) is 0 Å². The number of carbonyl (C=O) groups excluding carboxylic acids is 1. The average molecular weight is 297 g/mol. The summed E-state index contributed by atoms with van der Waals surface area (Å²) in [6.45, 7) is 8.40. The molecule has 0 bridgehead atoms. The van der Waals surface area contributed by atoms with Crippen LogP contribution in [0.2, 0.25) is 0 Å². The lowest BCUT2D eigenvalue weighted by Crippen LogP contribution is -2.39. The number of nitrogens with one attached hydrogen (secondary N) is 1. The van der Waals surface area contributed by atoms with Gasteiger partial charge in [0.2, 0.25) is 5.91 Å². The fourth-order valence-electron chi connectivity index (χ4n) is 3.06. The van der Waals surface area contributed by atoms with Crippen LogP contribution >= 0.6 is 12.4 Å². The molecule has 0 radical (unpaired) electrons. The number of ether oxygens (including phenoxy) is 1. The lowest BCUT2D eigenvalue weighted by atomic mass is 9.83. The van der Waals surface area contributed by atoms with Gasteiger partial charge in [-0.1, -0.05) is 6.07 Å². The first-order valence-corrected chi connectivity index (χ1v) is 6.66. The smallest absolute Gasteiger partial charge is 0.234 e. The zero-order chi connectivity index (χ0) is 14.0. The van der Waals surface area contributed by atoms with Gasteiger partial charge in [-0.2, -0.15) is 0 Å². The number of fused-ring (bicyclic) bond motifs is 3. The monoisotopic (exact) mass is 296 g/mol. The van der Waals surface area contributed by atoms with Crippen molar-refractivity contribution in [2.45, 2.75) is 45.1 Å². The Morgan fingerprint density at radius 3 is 2.65 bits per heavy atom. The molecule has 20 heavy (non-hydrogen) atoms. The van der Waals surface area contributed by atoms with Crippen molar-refractivity contribution >= 4 is 24.0 Å². The van der Waals surface area contributed by atoms with E-state index in [9.17, 15) is 4.79 Å². The van der Waals surface area contributed by atoms with Gasteiger partial charge >= 0.3 is 0 Å². The van der Waals surface area contributed by atoms with Gasteiger partial charge in [-0.3, -0.25) is 4.79 Å². The third-order valence-electron chi connectivity index (χ3n) is 4.33. The summed E-state index contributed by atoms with van der Waals surface area (Å²) in [7, 11) is 0. The van der Waals surface area contributed by atoms with Crippen molar-refractivity contribution in [3.05, 3.63) is 22.8 Å². The molecule has 0 saturated carbocycles. The number of hydrogen-bond donors (Lipinski definition) is 2. The predicted molar refractivity (Wildman–Crippen MR) is 81.9 cm³/mol. The number of carbonyl (C=O) groups is 1. The molecular weight excluding hydrogens is 276 g/mol. The number of anilines is 1. The Morgan fingerprint density at radius 1 is 1.40 bits per heavy atom. The minimum Gasteiger partial charge on any atom is -0.485 e. The van der Waals surface area contributed by atoms with Gasteiger partial charge in [-0.05, 0) is 38.8 Å². The number of amides is 1. The van der Waals surface area contributed by atoms with E-state index in [1.54, 1.807) is 0 Å². The molecule has 1 aromatic rings. The SMILES string of the molecule is Cc1cc2c(c3c1NC(=O)C3(C)C)OC(C)(CN)C2.Cl. The zero-order valence-corrected chi connectivity index (χ0v) is 13.1. The summed E-state index contributed by atoms with van der Waals surface area (Å²) in [6, 6.07) is 2.11. The Kier molecular flexibility index (Phi) is 3.30. The minimum atomic E-state index is -0.550. The molecule has 0 saturated heterocycles. The highest BCUT2D eigenvalue weighted by Crippen LogP contribution is 2.50. The second kappa shape index (κ2) is 4.37. The molecule has 1 amide bonds. The molecule has 1 unspecified atom stereocenters. The molecule has 0 fully saturated rings. The molecule has 0 spiro atoms. The van der Waals surface area contributed by atoms with Crippen molar-refractivity contribution in [1.29, 1.82) is 0 Å². The predicted octanol–water partition coefficient (Wildman–Crippen LogP) is 2.30. The Bertz CT molecular complexity index is 598. The highest BCUT2D eigenvalue weighted by atomic mass is 35.5. The quantitative estimate of drug-likeness (QED) is 0.836. The standard InChI is InChI=1S/C15H20N2O2.ClH/c1-8-5-9-6-15(4,7-16)19-12(9)10-11(8)17-13(18)14(10,2)3;/h5H,6-7,16H2,1-4H3,(H,17,18);1H. The number of halogens is 1. The van der Waals surface area contributed by atoms with Gasteiger partial charge in [0.05, 0.1) is 11.1 Å². The second-order valence-corrected chi connectivity index (χ2v) is 6.44. The van der Waals surface area contributed by atoms with Crippen molar-refractivity contribution < 1.29 is 9.53 Å². The third-order valence-corrected chi connectivity index (χ3v) is 4.33. The molecule has 1 atom stereocenters. The maximum Gasteiger partial charge on any atom is 0.234 e. The summed E-state index contributed by atoms with van der Waals surface area (Å²) < 4.78 is 6.11. The number of hydrogen-bond acceptors (Lipinski definition) is 3. The molecule has 0 aliphatic carbocycles. The Balaban J connectivity index is 0.00000147. The fraction of sp³-hybridized carbons (Fsp3) is 0.533. The van der Waals surface area contributed by atoms with Crippen molar-refractivity contribution in [1.82, 2.24) is 0 Å². The average Bonchev–Trinajstić information content (AvgIpc) is 2.77. The Morgan fingerprint density at radius 2 is 2.05 bits per heavy atom. The summed E-state index contributed by atoms with van der Waals surface area (Å²) in [5, 5.41) is 2.98. The zero-order valence-electron chi connectivity index (χ0n) is 12.3. The molecule has 5 heteroatoms. The van der Waals surface area contributed by atoms with E-state index in [4.69, 9.17) is 10.5 Å². The fourth-order valence-corrected chi connectivity index (χ4v) is 3.06. The first-order chi connectivity index (χ1) is 8.78. The van der Waals surface area contributed by atoms with E-state index in [1.807, 2.05) is 27.7 Å². The van der Waals surface area contributed by atoms with Crippen molar-refractivity contribution in [2.24, 2.45) is 5.73 Å². The normalized spacial score (nSPS) is 25.4. The molecule has 2 heterocycles. The Labute approximate surface area is 125 Å². The summed E-state index contributed by atoms with van der Waals surface area (Å²) >= 11 is 0. The summed E-state index contributed by atoms with van der Waals surface area (Å²) in [4.78, 5) is 12.1. The largest absolute Gasteiger partial charge is 0.485 e. The van der Waals surface area contributed by atoms with Crippen LogP contribution in [-0.4, -0.2) is 18.1 Å². The van der Waals surface area contributed by atoms with Gasteiger partial charge in [0.25, 0.3) is 0 Å². The molecule has 3 N–H and O–H groups in total. The van der Waals surface area contributed by atoms with Crippen molar-refractivity contribution in [2.75, 3.05) is 11.9 Å². The van der Waals surface area contributed by atoms with Crippen LogP contribution in [-0.2, 0) is 16.6 Å². The van der Waals surface area contributed by atoms with Crippen LogP contribution in [0.25, 0.3) is 0 Å². The summed E-state index contributed by atoms with van der Waals surface area (Å²) in [5.74, 6) is 0.890. The van der Waals surface area contributed by atoms with E-state index < -0.39 is 5.41 Å². The maximum absolute atomic E-state index is 12.1. The first-order valence-electron chi connectivity index (χ1n) is 6.66. The van der Waals surface area contributed by atoms with Gasteiger partial charge in [0.1, 0.15) is 11.4 Å². The number of nitrogens with two attached hydrogens (primary N) is 1. The third kappa shape index (κ3) is 1.82. The lowest BCUT2D eigenvalue weighted by molar-refractivity contribution is -0.119.